The molecule has 1 spiro atoms. The van der Waals surface area contributed by atoms with E-state index in [0.29, 0.717) is 5.56 Å². The molecule has 0 saturated heterocycles. The van der Waals surface area contributed by atoms with Gasteiger partial charge in [-0.25, -0.2) is 0 Å². The van der Waals surface area contributed by atoms with E-state index >= 15 is 0 Å². The van der Waals surface area contributed by atoms with Crippen LogP contribution in [0, 0.1) is 6.92 Å². The van der Waals surface area contributed by atoms with Gasteiger partial charge in [0, 0.05) is 5.56 Å². The van der Waals surface area contributed by atoms with Gasteiger partial charge in [0.05, 0.1) is 6.42 Å². The summed E-state index contributed by atoms with van der Waals surface area (Å²) in [4.78, 5) is 25.6. The zero-order chi connectivity index (χ0) is 21.2. The van der Waals surface area contributed by atoms with Gasteiger partial charge in [-0.15, -0.1) is 0 Å². The Balaban J connectivity index is 2.18. The molecule has 1 aliphatic heterocycles. The maximum atomic E-state index is 15.0. The van der Waals surface area contributed by atoms with Crippen molar-refractivity contribution in [2.75, 3.05) is 0 Å². The van der Waals surface area contributed by atoms with Crippen molar-refractivity contribution >= 4 is 11.6 Å². The SMILES string of the molecule is CC1=CC(=O)C2(CC1=O)Oc1cc(C)c(O)cc1[C@]2(c1ccccc1)C(F)(F)F. The fourth-order valence-corrected chi connectivity index (χ4v) is 4.40. The average Bonchev–Trinajstić information content (AvgIpc) is 2.92. The van der Waals surface area contributed by atoms with E-state index in [2.05, 4.69) is 0 Å². The molecule has 7 heteroatoms. The molecule has 0 fully saturated rings. The molecule has 2 aromatic rings. The minimum Gasteiger partial charge on any atom is -0.508 e. The number of hydrogen-bond acceptors (Lipinski definition) is 4. The van der Waals surface area contributed by atoms with E-state index in [1.165, 1.54) is 44.2 Å². The second-order valence-corrected chi connectivity index (χ2v) is 7.47. The number of carbonyl (C=O) groups excluding carboxylic acids is 2. The molecule has 0 amide bonds. The van der Waals surface area contributed by atoms with E-state index in [4.69, 9.17) is 4.74 Å². The molecule has 2 aromatic carbocycles. The highest BCUT2D eigenvalue weighted by Gasteiger charge is 2.77. The number of Topliss-reactive ketones (excluding diaryl/α,β-unsaturated/α-hetero) is 1. The van der Waals surface area contributed by atoms with Gasteiger partial charge in [0.25, 0.3) is 0 Å². The summed E-state index contributed by atoms with van der Waals surface area (Å²) in [7, 11) is 0. The lowest BCUT2D eigenvalue weighted by atomic mass is 9.59. The molecular weight excluding hydrogens is 385 g/mol. The summed E-state index contributed by atoms with van der Waals surface area (Å²) < 4.78 is 50.7. The predicted octanol–water partition coefficient (Wildman–Crippen LogP) is 4.17. The van der Waals surface area contributed by atoms with Crippen LogP contribution in [-0.2, 0) is 15.0 Å². The highest BCUT2D eigenvalue weighted by atomic mass is 19.4. The van der Waals surface area contributed by atoms with Crippen LogP contribution in [0.5, 0.6) is 11.5 Å². The first-order valence-corrected chi connectivity index (χ1v) is 8.96. The number of aromatic hydroxyl groups is 1. The Bertz CT molecular complexity index is 1070. The van der Waals surface area contributed by atoms with E-state index in [0.717, 1.165) is 12.1 Å². The Morgan fingerprint density at radius 3 is 2.34 bits per heavy atom. The molecule has 2 atom stereocenters. The Hall–Kier alpha value is -3.09. The van der Waals surface area contributed by atoms with Gasteiger partial charge < -0.3 is 9.84 Å². The van der Waals surface area contributed by atoms with Crippen molar-refractivity contribution in [3.05, 3.63) is 70.8 Å². The summed E-state index contributed by atoms with van der Waals surface area (Å²) >= 11 is 0. The fourth-order valence-electron chi connectivity index (χ4n) is 4.40. The van der Waals surface area contributed by atoms with E-state index in [9.17, 15) is 27.9 Å². The molecule has 0 radical (unpaired) electrons. The highest BCUT2D eigenvalue weighted by Crippen LogP contribution is 2.63. The molecule has 1 unspecified atom stereocenters. The number of carbonyl (C=O) groups is 2. The summed E-state index contributed by atoms with van der Waals surface area (Å²) in [6.07, 6.45) is -4.83. The molecular formula is C22H17F3O4. The van der Waals surface area contributed by atoms with Gasteiger partial charge in [-0.2, -0.15) is 13.2 Å². The number of halogens is 3. The molecule has 4 rings (SSSR count). The van der Waals surface area contributed by atoms with Gasteiger partial charge in [0.15, 0.2) is 11.2 Å². The van der Waals surface area contributed by atoms with Crippen LogP contribution in [0.25, 0.3) is 0 Å². The summed E-state index contributed by atoms with van der Waals surface area (Å²) in [6.45, 7) is 2.91. The molecule has 29 heavy (non-hydrogen) atoms. The number of aryl methyl sites for hydroxylation is 1. The van der Waals surface area contributed by atoms with E-state index in [1.807, 2.05) is 0 Å². The van der Waals surface area contributed by atoms with Gasteiger partial charge in [0.2, 0.25) is 11.4 Å². The molecule has 4 nitrogen and oxygen atoms in total. The molecule has 1 N–H and O–H groups in total. The van der Waals surface area contributed by atoms with E-state index in [-0.39, 0.29) is 28.2 Å². The fraction of sp³-hybridized carbons (Fsp3) is 0.273. The third-order valence-corrected chi connectivity index (χ3v) is 5.82. The van der Waals surface area contributed by atoms with Crippen LogP contribution >= 0.6 is 0 Å². The van der Waals surface area contributed by atoms with Crippen molar-refractivity contribution in [2.24, 2.45) is 0 Å². The van der Waals surface area contributed by atoms with Crippen molar-refractivity contribution < 1.29 is 32.6 Å². The van der Waals surface area contributed by atoms with Crippen LogP contribution in [-0.4, -0.2) is 28.5 Å². The quantitative estimate of drug-likeness (QED) is 0.778. The number of benzene rings is 2. The first kappa shape index (κ1) is 19.2. The Labute approximate surface area is 164 Å². The average molecular weight is 402 g/mol. The number of rotatable bonds is 1. The number of fused-ring (bicyclic) bond motifs is 1. The number of phenolic OH excluding ortho intramolecular Hbond substituents is 1. The predicted molar refractivity (Wildman–Crippen MR) is 97.9 cm³/mol. The number of hydrogen-bond donors (Lipinski definition) is 1. The highest BCUT2D eigenvalue weighted by molar-refractivity contribution is 6.14. The van der Waals surface area contributed by atoms with Crippen molar-refractivity contribution in [2.45, 2.75) is 37.5 Å². The van der Waals surface area contributed by atoms with Crippen LogP contribution in [0.1, 0.15) is 30.0 Å². The number of phenols is 1. The summed E-state index contributed by atoms with van der Waals surface area (Å²) in [5, 5.41) is 10.2. The minimum atomic E-state index is -5.00. The lowest BCUT2D eigenvalue weighted by Gasteiger charge is -2.45. The third-order valence-electron chi connectivity index (χ3n) is 5.82. The van der Waals surface area contributed by atoms with Crippen LogP contribution in [0.2, 0.25) is 0 Å². The smallest absolute Gasteiger partial charge is 0.406 e. The van der Waals surface area contributed by atoms with Crippen molar-refractivity contribution in [3.8, 4) is 11.5 Å². The topological polar surface area (TPSA) is 63.6 Å². The second-order valence-electron chi connectivity index (χ2n) is 7.47. The second kappa shape index (κ2) is 5.95. The zero-order valence-corrected chi connectivity index (χ0v) is 15.6. The molecule has 0 bridgehead atoms. The van der Waals surface area contributed by atoms with Gasteiger partial charge in [-0.05, 0) is 48.8 Å². The first-order chi connectivity index (χ1) is 13.5. The van der Waals surface area contributed by atoms with Gasteiger partial charge in [0.1, 0.15) is 11.5 Å². The third kappa shape index (κ3) is 2.33. The number of allylic oxidation sites excluding steroid dienone is 1. The van der Waals surface area contributed by atoms with Crippen LogP contribution < -0.4 is 4.74 Å². The number of ketones is 2. The summed E-state index contributed by atoms with van der Waals surface area (Å²) in [5.74, 6) is -2.04. The largest absolute Gasteiger partial charge is 0.508 e. The standard InChI is InChI=1S/C22H17F3O4/c1-12-8-18-15(10-16(12)26)21(22(23,24)25,14-6-4-3-5-7-14)20(29-18)11-17(27)13(2)9-19(20)28/h3-10,26H,11H2,1-2H3/t20?,21-/m0/s1. The molecule has 2 aliphatic rings. The zero-order valence-electron chi connectivity index (χ0n) is 15.6. The Morgan fingerprint density at radius 1 is 1.07 bits per heavy atom. The maximum absolute atomic E-state index is 15.0. The lowest BCUT2D eigenvalue weighted by molar-refractivity contribution is -0.214. The lowest BCUT2D eigenvalue weighted by Crippen LogP contribution is -2.66. The number of alkyl halides is 3. The molecule has 150 valence electrons. The van der Waals surface area contributed by atoms with Crippen LogP contribution in [0.3, 0.4) is 0 Å². The van der Waals surface area contributed by atoms with E-state index < -0.39 is 35.2 Å². The molecule has 0 aromatic heterocycles. The molecule has 1 aliphatic carbocycles. The molecule has 1 heterocycles. The maximum Gasteiger partial charge on any atom is 0.406 e. The first-order valence-electron chi connectivity index (χ1n) is 8.96. The van der Waals surface area contributed by atoms with Crippen molar-refractivity contribution in [1.29, 1.82) is 0 Å². The van der Waals surface area contributed by atoms with Gasteiger partial charge in [-0.1, -0.05) is 30.3 Å². The van der Waals surface area contributed by atoms with Crippen molar-refractivity contribution in [1.82, 2.24) is 0 Å². The summed E-state index contributed by atoms with van der Waals surface area (Å²) in [5.41, 5.74) is -5.70. The Kier molecular flexibility index (Phi) is 3.95. The molecule has 0 saturated carbocycles. The minimum absolute atomic E-state index is 0.0864. The number of ether oxygens (including phenoxy) is 1. The normalized spacial score (nSPS) is 26.3. The van der Waals surface area contributed by atoms with Crippen LogP contribution in [0.15, 0.2) is 54.1 Å². The summed E-state index contributed by atoms with van der Waals surface area (Å²) in [6, 6.07) is 9.19. The van der Waals surface area contributed by atoms with Crippen LogP contribution in [0.4, 0.5) is 13.2 Å². The van der Waals surface area contributed by atoms with Crippen molar-refractivity contribution in [3.63, 3.8) is 0 Å². The van der Waals surface area contributed by atoms with Gasteiger partial charge >= 0.3 is 6.18 Å². The monoisotopic (exact) mass is 402 g/mol. The van der Waals surface area contributed by atoms with E-state index in [1.54, 1.807) is 6.07 Å². The Morgan fingerprint density at radius 2 is 1.72 bits per heavy atom. The van der Waals surface area contributed by atoms with Gasteiger partial charge in [-0.3, -0.25) is 9.59 Å².